The van der Waals surface area contributed by atoms with Crippen LogP contribution in [0.3, 0.4) is 0 Å². The van der Waals surface area contributed by atoms with Gasteiger partial charge in [-0.25, -0.2) is 4.98 Å². The number of carbonyl (C=O) groups is 1. The summed E-state index contributed by atoms with van der Waals surface area (Å²) in [7, 11) is 0. The molecule has 20 heavy (non-hydrogen) atoms. The molecule has 1 saturated heterocycles. The van der Waals surface area contributed by atoms with Gasteiger partial charge in [0.2, 0.25) is 11.8 Å². The first kappa shape index (κ1) is 15.3. The highest BCUT2D eigenvalue weighted by molar-refractivity contribution is 6.27. The predicted octanol–water partition coefficient (Wildman–Crippen LogP) is 1.86. The molecule has 6 heteroatoms. The number of hydrogen-bond acceptors (Lipinski definition) is 4. The average Bonchev–Trinajstić information content (AvgIpc) is 2.76. The topological polar surface area (TPSA) is 58.4 Å². The van der Waals surface area contributed by atoms with E-state index < -0.39 is 0 Å². The average molecular weight is 300 g/mol. The van der Waals surface area contributed by atoms with Gasteiger partial charge in [0.25, 0.3) is 0 Å². The number of aromatic nitrogens is 1. The molecule has 1 N–H and O–H groups in total. The Kier molecular flexibility index (Phi) is 5.43. The van der Waals surface area contributed by atoms with E-state index in [9.17, 15) is 4.79 Å². The van der Waals surface area contributed by atoms with Gasteiger partial charge in [0.15, 0.2) is 0 Å². The van der Waals surface area contributed by atoms with Crippen molar-refractivity contribution in [3.63, 3.8) is 0 Å². The molecule has 1 fully saturated rings. The van der Waals surface area contributed by atoms with E-state index in [4.69, 9.17) is 16.0 Å². The standard InChI is InChI=1S/C14H22ClN3O2/c1-10-11(2)20-14(17-10)9-18-5-3-12(4-6-18)8-16-13(19)7-15/h12H,3-9H2,1-2H3,(H,16,19). The molecule has 1 aromatic heterocycles. The zero-order valence-corrected chi connectivity index (χ0v) is 12.9. The molecule has 0 aromatic carbocycles. The van der Waals surface area contributed by atoms with Crippen molar-refractivity contribution in [1.82, 2.24) is 15.2 Å². The second-order valence-corrected chi connectivity index (χ2v) is 5.67. The monoisotopic (exact) mass is 299 g/mol. The van der Waals surface area contributed by atoms with Gasteiger partial charge in [-0.2, -0.15) is 0 Å². The SMILES string of the molecule is Cc1nc(CN2CCC(CNC(=O)CCl)CC2)oc1C. The number of piperidine rings is 1. The van der Waals surface area contributed by atoms with E-state index in [0.717, 1.165) is 56.4 Å². The summed E-state index contributed by atoms with van der Waals surface area (Å²) >= 11 is 5.46. The van der Waals surface area contributed by atoms with E-state index in [1.807, 2.05) is 13.8 Å². The zero-order chi connectivity index (χ0) is 14.5. The number of likely N-dealkylation sites (tertiary alicyclic amines) is 1. The van der Waals surface area contributed by atoms with Crippen molar-refractivity contribution in [1.29, 1.82) is 0 Å². The first-order valence-electron chi connectivity index (χ1n) is 7.06. The lowest BCUT2D eigenvalue weighted by molar-refractivity contribution is -0.118. The fourth-order valence-electron chi connectivity index (χ4n) is 2.45. The van der Waals surface area contributed by atoms with Gasteiger partial charge in [-0.05, 0) is 45.7 Å². The minimum absolute atomic E-state index is 0.0434. The summed E-state index contributed by atoms with van der Waals surface area (Å²) in [5.74, 6) is 2.21. The van der Waals surface area contributed by atoms with Crippen LogP contribution in [0.4, 0.5) is 0 Å². The maximum Gasteiger partial charge on any atom is 0.234 e. The highest BCUT2D eigenvalue weighted by atomic mass is 35.5. The minimum Gasteiger partial charge on any atom is -0.444 e. The van der Waals surface area contributed by atoms with Gasteiger partial charge in [-0.1, -0.05) is 0 Å². The van der Waals surface area contributed by atoms with Crippen LogP contribution in [-0.2, 0) is 11.3 Å². The van der Waals surface area contributed by atoms with Gasteiger partial charge in [0.05, 0.1) is 12.2 Å². The highest BCUT2D eigenvalue weighted by Gasteiger charge is 2.21. The third kappa shape index (κ3) is 4.21. The summed E-state index contributed by atoms with van der Waals surface area (Å²) in [6.07, 6.45) is 2.17. The Balaban J connectivity index is 1.72. The summed E-state index contributed by atoms with van der Waals surface area (Å²) in [5.41, 5.74) is 0.971. The van der Waals surface area contributed by atoms with Crippen LogP contribution in [0.15, 0.2) is 4.42 Å². The Labute approximate surface area is 124 Å². The minimum atomic E-state index is -0.0835. The largest absolute Gasteiger partial charge is 0.444 e. The lowest BCUT2D eigenvalue weighted by atomic mass is 9.97. The van der Waals surface area contributed by atoms with Gasteiger partial charge < -0.3 is 9.73 Å². The molecule has 1 aliphatic heterocycles. The first-order chi connectivity index (χ1) is 9.58. The van der Waals surface area contributed by atoms with Crippen LogP contribution in [0.5, 0.6) is 0 Å². The molecular weight excluding hydrogens is 278 g/mol. The number of carbonyl (C=O) groups excluding carboxylic acids is 1. The second-order valence-electron chi connectivity index (χ2n) is 5.41. The highest BCUT2D eigenvalue weighted by Crippen LogP contribution is 2.19. The van der Waals surface area contributed by atoms with Crippen LogP contribution >= 0.6 is 11.6 Å². The zero-order valence-electron chi connectivity index (χ0n) is 12.1. The summed E-state index contributed by atoms with van der Waals surface area (Å²) in [4.78, 5) is 17.9. The normalized spacial score (nSPS) is 17.4. The molecular formula is C14H22ClN3O2. The van der Waals surface area contributed by atoms with E-state index in [1.54, 1.807) is 0 Å². The van der Waals surface area contributed by atoms with Gasteiger partial charge >= 0.3 is 0 Å². The summed E-state index contributed by atoms with van der Waals surface area (Å²) < 4.78 is 5.61. The molecule has 2 heterocycles. The van der Waals surface area contributed by atoms with Gasteiger partial charge in [-0.15, -0.1) is 11.6 Å². The third-order valence-electron chi connectivity index (χ3n) is 3.85. The van der Waals surface area contributed by atoms with Crippen LogP contribution in [0, 0.1) is 19.8 Å². The number of halogens is 1. The Bertz CT molecular complexity index is 434. The number of oxazole rings is 1. The first-order valence-corrected chi connectivity index (χ1v) is 7.60. The molecule has 1 amide bonds. The van der Waals surface area contributed by atoms with Crippen molar-refractivity contribution >= 4 is 17.5 Å². The Morgan fingerprint density at radius 1 is 1.45 bits per heavy atom. The molecule has 0 unspecified atom stereocenters. The molecule has 0 spiro atoms. The number of alkyl halides is 1. The number of nitrogens with one attached hydrogen (secondary N) is 1. The molecule has 2 rings (SSSR count). The lowest BCUT2D eigenvalue weighted by Gasteiger charge is -2.31. The molecule has 0 radical (unpaired) electrons. The van der Waals surface area contributed by atoms with E-state index in [2.05, 4.69) is 15.2 Å². The van der Waals surface area contributed by atoms with Crippen LogP contribution < -0.4 is 5.32 Å². The Morgan fingerprint density at radius 3 is 2.70 bits per heavy atom. The number of nitrogens with zero attached hydrogens (tertiary/aromatic N) is 2. The lowest BCUT2D eigenvalue weighted by Crippen LogP contribution is -2.38. The van der Waals surface area contributed by atoms with E-state index in [0.29, 0.717) is 5.92 Å². The van der Waals surface area contributed by atoms with Crippen molar-refractivity contribution in [2.45, 2.75) is 33.2 Å². The summed E-state index contributed by atoms with van der Waals surface area (Å²) in [5, 5.41) is 2.86. The van der Waals surface area contributed by atoms with Gasteiger partial charge in [0.1, 0.15) is 11.6 Å². The maximum atomic E-state index is 11.1. The van der Waals surface area contributed by atoms with E-state index in [-0.39, 0.29) is 11.8 Å². The van der Waals surface area contributed by atoms with Crippen LogP contribution in [0.25, 0.3) is 0 Å². The quantitative estimate of drug-likeness (QED) is 0.843. The van der Waals surface area contributed by atoms with Gasteiger partial charge in [0, 0.05) is 6.54 Å². The Morgan fingerprint density at radius 2 is 2.15 bits per heavy atom. The molecule has 0 saturated carbocycles. The second kappa shape index (κ2) is 7.09. The van der Waals surface area contributed by atoms with Crippen LogP contribution in [0.2, 0.25) is 0 Å². The summed E-state index contributed by atoms with van der Waals surface area (Å²) in [6, 6.07) is 0. The van der Waals surface area contributed by atoms with E-state index >= 15 is 0 Å². The fourth-order valence-corrected chi connectivity index (χ4v) is 2.55. The van der Waals surface area contributed by atoms with Crippen molar-refractivity contribution in [3.05, 3.63) is 17.3 Å². The molecule has 112 valence electrons. The molecule has 0 atom stereocenters. The fraction of sp³-hybridized carbons (Fsp3) is 0.714. The van der Waals surface area contributed by atoms with Crippen molar-refractivity contribution in [2.75, 3.05) is 25.5 Å². The Hall–Kier alpha value is -1.07. The molecule has 5 nitrogen and oxygen atoms in total. The maximum absolute atomic E-state index is 11.1. The van der Waals surface area contributed by atoms with Gasteiger partial charge in [-0.3, -0.25) is 9.69 Å². The third-order valence-corrected chi connectivity index (χ3v) is 4.09. The number of hydrogen-bond donors (Lipinski definition) is 1. The number of aryl methyl sites for hydroxylation is 2. The molecule has 0 bridgehead atoms. The van der Waals surface area contributed by atoms with Crippen LogP contribution in [0.1, 0.15) is 30.2 Å². The van der Waals surface area contributed by atoms with Crippen molar-refractivity contribution < 1.29 is 9.21 Å². The summed E-state index contributed by atoms with van der Waals surface area (Å²) in [6.45, 7) is 7.45. The smallest absolute Gasteiger partial charge is 0.234 e. The number of rotatable bonds is 5. The number of amides is 1. The van der Waals surface area contributed by atoms with Crippen LogP contribution in [-0.4, -0.2) is 41.3 Å². The molecule has 1 aliphatic rings. The molecule has 1 aromatic rings. The van der Waals surface area contributed by atoms with E-state index in [1.165, 1.54) is 0 Å². The van der Waals surface area contributed by atoms with Crippen molar-refractivity contribution in [3.8, 4) is 0 Å². The predicted molar refractivity (Wildman–Crippen MR) is 77.7 cm³/mol. The molecule has 0 aliphatic carbocycles. The van der Waals surface area contributed by atoms with Crippen molar-refractivity contribution in [2.24, 2.45) is 5.92 Å².